The van der Waals surface area contributed by atoms with Crippen LogP contribution in [-0.2, 0) is 17.8 Å². The fraction of sp³-hybridized carbons (Fsp3) is 0.519. The van der Waals surface area contributed by atoms with Crippen LogP contribution in [-0.4, -0.2) is 82.1 Å². The van der Waals surface area contributed by atoms with Crippen molar-refractivity contribution in [2.75, 3.05) is 39.8 Å². The van der Waals surface area contributed by atoms with Gasteiger partial charge in [0, 0.05) is 23.5 Å². The van der Waals surface area contributed by atoms with Crippen molar-refractivity contribution in [2.45, 2.75) is 53.7 Å². The Morgan fingerprint density at radius 3 is 2.54 bits per heavy atom. The third-order valence-corrected chi connectivity index (χ3v) is 7.47. The van der Waals surface area contributed by atoms with E-state index in [1.165, 1.54) is 10.4 Å². The van der Waals surface area contributed by atoms with Crippen molar-refractivity contribution in [3.05, 3.63) is 39.8 Å². The summed E-state index contributed by atoms with van der Waals surface area (Å²) in [7, 11) is 1.65. The summed E-state index contributed by atoms with van der Waals surface area (Å²) in [6, 6.07) is 6.06. The van der Waals surface area contributed by atoms with Crippen LogP contribution in [0, 0.1) is 13.8 Å². The Labute approximate surface area is 222 Å². The molecule has 37 heavy (non-hydrogen) atoms. The van der Waals surface area contributed by atoms with Crippen molar-refractivity contribution in [3.63, 3.8) is 0 Å². The quantitative estimate of drug-likeness (QED) is 0.316. The minimum atomic E-state index is -0.936. The molecule has 2 heterocycles. The van der Waals surface area contributed by atoms with E-state index in [1.54, 1.807) is 23.3 Å². The Balaban J connectivity index is 1.74. The van der Waals surface area contributed by atoms with E-state index in [9.17, 15) is 9.90 Å². The van der Waals surface area contributed by atoms with Crippen LogP contribution in [0.2, 0.25) is 0 Å². The summed E-state index contributed by atoms with van der Waals surface area (Å²) in [5, 5.41) is 23.4. The Morgan fingerprint density at radius 2 is 1.89 bits per heavy atom. The van der Waals surface area contributed by atoms with Crippen molar-refractivity contribution in [1.82, 2.24) is 19.9 Å². The summed E-state index contributed by atoms with van der Waals surface area (Å²) in [6.45, 7) is 13.5. The minimum Gasteiger partial charge on any atom is -0.490 e. The van der Waals surface area contributed by atoms with Crippen molar-refractivity contribution >= 4 is 17.3 Å². The number of aliphatic hydroxyl groups excluding tert-OH is 1. The van der Waals surface area contributed by atoms with E-state index in [4.69, 9.17) is 14.4 Å². The van der Waals surface area contributed by atoms with E-state index in [0.717, 1.165) is 47.6 Å². The van der Waals surface area contributed by atoms with Crippen LogP contribution in [0.3, 0.4) is 0 Å². The van der Waals surface area contributed by atoms with Crippen LogP contribution in [0.5, 0.6) is 5.75 Å². The zero-order valence-electron chi connectivity index (χ0n) is 22.6. The molecule has 0 spiro atoms. The number of aromatic nitrogens is 2. The number of hydrogen-bond acceptors (Lipinski definition) is 9. The van der Waals surface area contributed by atoms with Gasteiger partial charge in [0.05, 0.1) is 11.4 Å². The Kier molecular flexibility index (Phi) is 10.2. The summed E-state index contributed by atoms with van der Waals surface area (Å²) in [4.78, 5) is 21.7. The summed E-state index contributed by atoms with van der Waals surface area (Å²) in [6.07, 6.45) is -0.0865. The second-order valence-electron chi connectivity index (χ2n) is 9.29. The monoisotopic (exact) mass is 530 g/mol. The zero-order chi connectivity index (χ0) is 27.1. The summed E-state index contributed by atoms with van der Waals surface area (Å²) < 4.78 is 11.6. The first-order chi connectivity index (χ1) is 17.6. The van der Waals surface area contributed by atoms with Gasteiger partial charge < -0.3 is 19.5 Å². The molecule has 3 rings (SSSR count). The predicted molar refractivity (Wildman–Crippen MR) is 145 cm³/mol. The molecule has 9 nitrogen and oxygen atoms in total. The summed E-state index contributed by atoms with van der Waals surface area (Å²) in [5.41, 5.74) is 3.95. The molecule has 202 valence electrons. The second-order valence-corrected chi connectivity index (χ2v) is 10.4. The van der Waals surface area contributed by atoms with Gasteiger partial charge in [-0.05, 0) is 75.3 Å². The van der Waals surface area contributed by atoms with E-state index >= 15 is 0 Å². The van der Waals surface area contributed by atoms with Crippen molar-refractivity contribution < 1.29 is 24.3 Å². The van der Waals surface area contributed by atoms with Gasteiger partial charge in [-0.15, -0.1) is 11.3 Å². The zero-order valence-corrected chi connectivity index (χ0v) is 23.4. The van der Waals surface area contributed by atoms with Crippen molar-refractivity contribution in [1.29, 1.82) is 0 Å². The van der Waals surface area contributed by atoms with Crippen LogP contribution in [0.1, 0.15) is 42.3 Å². The van der Waals surface area contributed by atoms with Gasteiger partial charge in [-0.3, -0.25) is 14.6 Å². The standard InChI is InChI=1S/C27H38N4O5S/c1-7-19-12-20(10-18(5)25(19)35-16-21(32)13-30(6)15-24(33)34)26-28-27(36-29-26)22-11-17(4)23(37-22)14-31(8-2)9-3/h10-12,21,32H,7-9,13-16H2,1-6H3,(H,33,34). The van der Waals surface area contributed by atoms with E-state index in [2.05, 4.69) is 41.9 Å². The maximum Gasteiger partial charge on any atom is 0.317 e. The van der Waals surface area contributed by atoms with Gasteiger partial charge in [-0.25, -0.2) is 0 Å². The van der Waals surface area contributed by atoms with Gasteiger partial charge in [-0.2, -0.15) is 4.98 Å². The molecule has 0 bridgehead atoms. The van der Waals surface area contributed by atoms with Crippen molar-refractivity contribution in [2.24, 2.45) is 0 Å². The topological polar surface area (TPSA) is 112 Å². The van der Waals surface area contributed by atoms with Gasteiger partial charge in [-0.1, -0.05) is 25.9 Å². The van der Waals surface area contributed by atoms with Gasteiger partial charge in [0.2, 0.25) is 5.82 Å². The first-order valence-electron chi connectivity index (χ1n) is 12.7. The van der Waals surface area contributed by atoms with Crippen LogP contribution >= 0.6 is 11.3 Å². The van der Waals surface area contributed by atoms with Crippen molar-refractivity contribution in [3.8, 4) is 27.9 Å². The number of ether oxygens (including phenoxy) is 1. The number of nitrogens with zero attached hydrogens (tertiary/aromatic N) is 4. The van der Waals surface area contributed by atoms with Crippen LogP contribution in [0.25, 0.3) is 22.2 Å². The number of rotatable bonds is 14. The Bertz CT molecular complexity index is 1190. The number of benzene rings is 1. The molecule has 0 fully saturated rings. The largest absolute Gasteiger partial charge is 0.490 e. The predicted octanol–water partition coefficient (Wildman–Crippen LogP) is 4.24. The number of hydrogen-bond donors (Lipinski definition) is 2. The molecule has 0 saturated heterocycles. The Hall–Kier alpha value is -2.79. The summed E-state index contributed by atoms with van der Waals surface area (Å²) in [5.74, 6) is 0.809. The number of aliphatic hydroxyl groups is 1. The smallest absolute Gasteiger partial charge is 0.317 e. The fourth-order valence-electron chi connectivity index (χ4n) is 4.21. The van der Waals surface area contributed by atoms with Crippen LogP contribution < -0.4 is 4.74 Å². The Morgan fingerprint density at radius 1 is 1.16 bits per heavy atom. The molecule has 0 aliphatic carbocycles. The highest BCUT2D eigenvalue weighted by Gasteiger charge is 2.19. The normalized spacial score (nSPS) is 12.5. The molecule has 0 radical (unpaired) electrons. The van der Waals surface area contributed by atoms with E-state index in [0.29, 0.717) is 17.5 Å². The van der Waals surface area contributed by atoms with Crippen LogP contribution in [0.15, 0.2) is 22.7 Å². The SMILES string of the molecule is CCc1cc(-c2noc(-c3cc(C)c(CN(CC)CC)s3)n2)cc(C)c1OCC(O)CN(C)CC(=O)O. The number of carbonyl (C=O) groups is 1. The maximum atomic E-state index is 10.8. The highest BCUT2D eigenvalue weighted by molar-refractivity contribution is 7.15. The third-order valence-electron chi connectivity index (χ3n) is 6.26. The van der Waals surface area contributed by atoms with Gasteiger partial charge in [0.15, 0.2) is 0 Å². The van der Waals surface area contributed by atoms with Crippen LogP contribution in [0.4, 0.5) is 0 Å². The second kappa shape index (κ2) is 13.1. The number of thiophene rings is 1. The highest BCUT2D eigenvalue weighted by atomic mass is 32.1. The lowest BCUT2D eigenvalue weighted by molar-refractivity contribution is -0.138. The molecule has 1 aromatic carbocycles. The fourth-order valence-corrected chi connectivity index (χ4v) is 5.34. The maximum absolute atomic E-state index is 10.8. The average Bonchev–Trinajstić information content (AvgIpc) is 3.47. The molecule has 0 aliphatic rings. The number of aryl methyl sites for hydroxylation is 3. The lowest BCUT2D eigenvalue weighted by Crippen LogP contribution is -2.36. The number of carboxylic acids is 1. The molecule has 3 aromatic rings. The molecule has 10 heteroatoms. The summed E-state index contributed by atoms with van der Waals surface area (Å²) >= 11 is 1.69. The molecule has 0 aliphatic heterocycles. The molecular weight excluding hydrogens is 492 g/mol. The first-order valence-corrected chi connectivity index (χ1v) is 13.5. The average molecular weight is 531 g/mol. The molecule has 2 aromatic heterocycles. The molecule has 2 N–H and O–H groups in total. The first kappa shape index (κ1) is 28.8. The molecule has 0 amide bonds. The van der Waals surface area contributed by atoms with E-state index in [1.807, 2.05) is 26.0 Å². The third kappa shape index (κ3) is 7.61. The van der Waals surface area contributed by atoms with E-state index < -0.39 is 12.1 Å². The van der Waals surface area contributed by atoms with Gasteiger partial charge >= 0.3 is 5.97 Å². The number of carboxylic acid groups (broad SMARTS) is 1. The molecule has 1 atom stereocenters. The lowest BCUT2D eigenvalue weighted by Gasteiger charge is -2.21. The number of likely N-dealkylation sites (N-methyl/N-ethyl adjacent to an activating group) is 1. The highest BCUT2D eigenvalue weighted by Crippen LogP contribution is 2.34. The van der Waals surface area contributed by atoms with Gasteiger partial charge in [0.1, 0.15) is 18.5 Å². The lowest BCUT2D eigenvalue weighted by atomic mass is 10.0. The molecule has 1 unspecified atom stereocenters. The minimum absolute atomic E-state index is 0.0665. The van der Waals surface area contributed by atoms with E-state index in [-0.39, 0.29) is 19.7 Å². The van der Waals surface area contributed by atoms with Gasteiger partial charge in [0.25, 0.3) is 5.89 Å². The molecule has 0 saturated carbocycles. The molecular formula is C27H38N4O5S. The number of aliphatic carboxylic acids is 1.